The highest BCUT2D eigenvalue weighted by molar-refractivity contribution is 5.79. The number of hydrogen-bond donors (Lipinski definition) is 8. The lowest BCUT2D eigenvalue weighted by molar-refractivity contribution is -0.272. The Bertz CT molecular complexity index is 441. The second kappa shape index (κ2) is 27.9. The highest BCUT2D eigenvalue weighted by atomic mass is 17.1. The number of aliphatic carboxylic acids is 4. The van der Waals surface area contributed by atoms with Gasteiger partial charge in [-0.1, -0.05) is 26.3 Å². The van der Waals surface area contributed by atoms with Gasteiger partial charge in [0.2, 0.25) is 0 Å². The summed E-state index contributed by atoms with van der Waals surface area (Å²) in [4.78, 5) is 40.7. The molecular formula is C17H28O13. The largest absolute Gasteiger partial charge is 0.478 e. The van der Waals surface area contributed by atoms with Crippen LogP contribution in [0.1, 0.15) is 0 Å². The molecule has 0 rings (SSSR count). The van der Waals surface area contributed by atoms with Crippen molar-refractivity contribution in [2.45, 2.75) is 0 Å². The van der Waals surface area contributed by atoms with Crippen molar-refractivity contribution in [1.82, 2.24) is 0 Å². The minimum absolute atomic E-state index is 0.281. The molecule has 0 saturated heterocycles. The molecule has 0 saturated carbocycles. The first-order chi connectivity index (χ1) is 13.8. The van der Waals surface area contributed by atoms with Crippen molar-refractivity contribution in [3.05, 3.63) is 50.6 Å². The van der Waals surface area contributed by atoms with Gasteiger partial charge in [-0.3, -0.25) is 5.26 Å². The second-order valence-electron chi connectivity index (χ2n) is 4.42. The molecule has 8 N–H and O–H groups in total. The predicted molar refractivity (Wildman–Crippen MR) is 104 cm³/mol. The third-order valence-electron chi connectivity index (χ3n) is 2.08. The minimum atomic E-state index is -1.13. The number of aliphatic hydroxyl groups excluding tert-OH is 3. The first-order valence-electron chi connectivity index (χ1n) is 7.33. The van der Waals surface area contributed by atoms with Crippen molar-refractivity contribution >= 4 is 23.9 Å². The monoisotopic (exact) mass is 440 g/mol. The number of carbonyl (C=O) groups is 4. The molecule has 0 unspecified atom stereocenters. The normalized spacial score (nSPS) is 8.27. The van der Waals surface area contributed by atoms with E-state index >= 15 is 0 Å². The quantitative estimate of drug-likeness (QED) is 0.128. The molecule has 0 aromatic rings. The summed E-state index contributed by atoms with van der Waals surface area (Å²) in [5, 5.41) is 64.2. The molecule has 0 aliphatic heterocycles. The number of aliphatic hydroxyl groups is 3. The summed E-state index contributed by atoms with van der Waals surface area (Å²) in [6, 6.07) is 0. The summed E-state index contributed by atoms with van der Waals surface area (Å²) in [5.74, 6) is -3.93. The Morgan fingerprint density at radius 1 is 0.633 bits per heavy atom. The lowest BCUT2D eigenvalue weighted by Gasteiger charge is -2.24. The summed E-state index contributed by atoms with van der Waals surface area (Å²) in [5.41, 5.74) is -1.13. The van der Waals surface area contributed by atoms with Gasteiger partial charge in [0.1, 0.15) is 0 Å². The van der Waals surface area contributed by atoms with Crippen molar-refractivity contribution in [3.8, 4) is 0 Å². The van der Waals surface area contributed by atoms with Crippen molar-refractivity contribution < 1.29 is 65.1 Å². The van der Waals surface area contributed by atoms with Gasteiger partial charge in [-0.15, -0.1) is 0 Å². The van der Waals surface area contributed by atoms with Crippen molar-refractivity contribution in [2.24, 2.45) is 5.41 Å². The maximum absolute atomic E-state index is 9.25. The average Bonchev–Trinajstić information content (AvgIpc) is 2.73. The zero-order valence-corrected chi connectivity index (χ0v) is 16.1. The van der Waals surface area contributed by atoms with E-state index in [9.17, 15) is 19.2 Å². The lowest BCUT2D eigenvalue weighted by atomic mass is 9.93. The Labute approximate surface area is 172 Å². The van der Waals surface area contributed by atoms with Crippen LogP contribution in [0.3, 0.4) is 0 Å². The Balaban J connectivity index is -0.0000000908. The van der Waals surface area contributed by atoms with Gasteiger partial charge in [0, 0.05) is 24.3 Å². The molecule has 13 heteroatoms. The summed E-state index contributed by atoms with van der Waals surface area (Å²) < 4.78 is 0. The van der Waals surface area contributed by atoms with Crippen LogP contribution in [0.25, 0.3) is 0 Å². The molecule has 30 heavy (non-hydrogen) atoms. The molecule has 0 bridgehead atoms. The van der Waals surface area contributed by atoms with Gasteiger partial charge in [-0.05, 0) is 0 Å². The zero-order chi connectivity index (χ0) is 25.2. The summed E-state index contributed by atoms with van der Waals surface area (Å²) in [6.07, 6.45) is 3.33. The standard InChI is InChI=1S/C5H12O5.4C3H4O2/c6-1-5(2-7,3-8)4-10-9;4*1-2-3(4)5/h6-9H,1-4H2;4*2H,1H2,(H,4,5). The maximum atomic E-state index is 9.25. The Kier molecular flexibility index (Phi) is 34.7. The Hall–Kier alpha value is -3.36. The summed E-state index contributed by atoms with van der Waals surface area (Å²) in [7, 11) is 0. The lowest BCUT2D eigenvalue weighted by Crippen LogP contribution is -2.38. The fourth-order valence-electron chi connectivity index (χ4n) is 0.424. The molecule has 0 fully saturated rings. The maximum Gasteiger partial charge on any atom is 0.327 e. The van der Waals surface area contributed by atoms with Gasteiger partial charge >= 0.3 is 23.9 Å². The third-order valence-corrected chi connectivity index (χ3v) is 2.08. The highest BCUT2D eigenvalue weighted by Crippen LogP contribution is 2.13. The third kappa shape index (κ3) is 44.3. The van der Waals surface area contributed by atoms with Crippen LogP contribution in [0.4, 0.5) is 0 Å². The molecule has 0 atom stereocenters. The highest BCUT2D eigenvalue weighted by Gasteiger charge is 2.28. The molecule has 0 aliphatic rings. The molecule has 0 aromatic heterocycles. The molecule has 0 heterocycles. The van der Waals surface area contributed by atoms with E-state index in [-0.39, 0.29) is 6.61 Å². The van der Waals surface area contributed by atoms with Crippen LogP contribution in [0, 0.1) is 5.41 Å². The van der Waals surface area contributed by atoms with Crippen LogP contribution in [-0.4, -0.2) is 91.3 Å². The van der Waals surface area contributed by atoms with Crippen molar-refractivity contribution in [1.29, 1.82) is 0 Å². The summed E-state index contributed by atoms with van der Waals surface area (Å²) >= 11 is 0. The van der Waals surface area contributed by atoms with Crippen LogP contribution < -0.4 is 0 Å². The first-order valence-corrected chi connectivity index (χ1v) is 7.33. The van der Waals surface area contributed by atoms with Gasteiger partial charge in [0.15, 0.2) is 0 Å². The zero-order valence-electron chi connectivity index (χ0n) is 16.1. The van der Waals surface area contributed by atoms with Crippen LogP contribution >= 0.6 is 0 Å². The molecule has 174 valence electrons. The van der Waals surface area contributed by atoms with E-state index < -0.39 is 49.1 Å². The van der Waals surface area contributed by atoms with E-state index in [4.69, 9.17) is 41.0 Å². The molecule has 0 amide bonds. The smallest absolute Gasteiger partial charge is 0.327 e. The average molecular weight is 440 g/mol. The fraction of sp³-hybridized carbons (Fsp3) is 0.294. The molecule has 0 aliphatic carbocycles. The molecule has 0 radical (unpaired) electrons. The van der Waals surface area contributed by atoms with E-state index in [2.05, 4.69) is 31.2 Å². The molecule has 13 nitrogen and oxygen atoms in total. The summed E-state index contributed by atoms with van der Waals surface area (Å²) in [6.45, 7) is 10.3. The van der Waals surface area contributed by atoms with Crippen molar-refractivity contribution in [2.75, 3.05) is 26.4 Å². The van der Waals surface area contributed by atoms with Crippen molar-refractivity contribution in [3.63, 3.8) is 0 Å². The Morgan fingerprint density at radius 3 is 0.833 bits per heavy atom. The SMILES string of the molecule is C=CC(=O)O.C=CC(=O)O.C=CC(=O)O.C=CC(=O)O.OCC(CO)(CO)COO. The van der Waals surface area contributed by atoms with Crippen LogP contribution in [-0.2, 0) is 24.1 Å². The number of rotatable bonds is 9. The number of carboxylic acid groups (broad SMARTS) is 4. The van der Waals surface area contributed by atoms with E-state index in [0.29, 0.717) is 0 Å². The van der Waals surface area contributed by atoms with Gasteiger partial charge < -0.3 is 35.7 Å². The van der Waals surface area contributed by atoms with E-state index in [1.807, 2.05) is 0 Å². The first kappa shape index (κ1) is 37.4. The predicted octanol–water partition coefficient (Wildman–Crippen LogP) is -0.533. The van der Waals surface area contributed by atoms with Crippen LogP contribution in [0.2, 0.25) is 0 Å². The van der Waals surface area contributed by atoms with Crippen LogP contribution in [0.15, 0.2) is 50.6 Å². The van der Waals surface area contributed by atoms with Gasteiger partial charge in [0.25, 0.3) is 0 Å². The number of carboxylic acids is 4. The van der Waals surface area contributed by atoms with Crippen LogP contribution in [0.5, 0.6) is 0 Å². The molecule has 0 aromatic carbocycles. The van der Waals surface area contributed by atoms with Gasteiger partial charge in [0.05, 0.1) is 31.8 Å². The minimum Gasteiger partial charge on any atom is -0.478 e. The van der Waals surface area contributed by atoms with E-state index in [1.165, 1.54) is 0 Å². The topological polar surface area (TPSA) is 239 Å². The molecule has 0 spiro atoms. The molecular weight excluding hydrogens is 412 g/mol. The number of hydrogen-bond acceptors (Lipinski definition) is 9. The van der Waals surface area contributed by atoms with E-state index in [1.54, 1.807) is 0 Å². The fourth-order valence-corrected chi connectivity index (χ4v) is 0.424. The van der Waals surface area contributed by atoms with Gasteiger partial charge in [-0.25, -0.2) is 24.1 Å². The van der Waals surface area contributed by atoms with Gasteiger partial charge in [-0.2, -0.15) is 0 Å². The Morgan fingerprint density at radius 2 is 0.800 bits per heavy atom. The second-order valence-corrected chi connectivity index (χ2v) is 4.42. The van der Waals surface area contributed by atoms with E-state index in [0.717, 1.165) is 24.3 Å².